The molecular formula is C28H31F3N4O3. The van der Waals surface area contributed by atoms with Crippen molar-refractivity contribution >= 4 is 28.6 Å². The van der Waals surface area contributed by atoms with Crippen molar-refractivity contribution in [3.8, 4) is 0 Å². The van der Waals surface area contributed by atoms with Crippen molar-refractivity contribution in [2.75, 3.05) is 18.0 Å². The van der Waals surface area contributed by atoms with Crippen molar-refractivity contribution in [2.24, 2.45) is 0 Å². The van der Waals surface area contributed by atoms with Crippen LogP contribution in [0.3, 0.4) is 0 Å². The van der Waals surface area contributed by atoms with E-state index >= 15 is 0 Å². The molecule has 0 N–H and O–H groups in total. The molecule has 2 aromatic heterocycles. The number of hydrogen-bond donors (Lipinski definition) is 0. The number of pyridine rings is 1. The second-order valence-electron chi connectivity index (χ2n) is 10.4. The molecule has 10 heteroatoms. The number of alkyl halides is 3. The summed E-state index contributed by atoms with van der Waals surface area (Å²) in [4.78, 5) is 34.1. The Kier molecular flexibility index (Phi) is 6.83. The highest BCUT2D eigenvalue weighted by atomic mass is 19.4. The Balaban J connectivity index is 1.42. The Morgan fingerprint density at radius 3 is 2.61 bits per heavy atom. The minimum atomic E-state index is -4.22. The highest BCUT2D eigenvalue weighted by Gasteiger charge is 2.52. The van der Waals surface area contributed by atoms with Gasteiger partial charge in [0, 0.05) is 43.5 Å². The number of halogens is 3. The van der Waals surface area contributed by atoms with Crippen molar-refractivity contribution in [1.82, 2.24) is 14.5 Å². The molecule has 2 aliphatic heterocycles. The van der Waals surface area contributed by atoms with Crippen LogP contribution < -0.4 is 4.90 Å². The molecule has 2 aliphatic rings. The van der Waals surface area contributed by atoms with E-state index in [0.29, 0.717) is 31.6 Å². The minimum Gasteiger partial charge on any atom is -0.447 e. The van der Waals surface area contributed by atoms with E-state index in [2.05, 4.69) is 4.98 Å². The van der Waals surface area contributed by atoms with Crippen molar-refractivity contribution in [3.05, 3.63) is 60.0 Å². The number of likely N-dealkylation sites (tertiary alicyclic amines) is 1. The van der Waals surface area contributed by atoms with Crippen LogP contribution in [0.4, 0.5) is 23.7 Å². The predicted octanol–water partition coefficient (Wildman–Crippen LogP) is 5.80. The number of piperidine rings is 1. The second kappa shape index (κ2) is 9.96. The number of rotatable bonds is 6. The van der Waals surface area contributed by atoms with Crippen LogP contribution in [0, 0.1) is 0 Å². The van der Waals surface area contributed by atoms with E-state index in [0.717, 1.165) is 22.2 Å². The van der Waals surface area contributed by atoms with Gasteiger partial charge in [-0.3, -0.25) is 9.78 Å². The lowest BCUT2D eigenvalue weighted by Crippen LogP contribution is -2.50. The third-order valence-corrected chi connectivity index (χ3v) is 7.53. The van der Waals surface area contributed by atoms with E-state index in [-0.39, 0.29) is 37.6 Å². The Hall–Kier alpha value is -3.56. The first kappa shape index (κ1) is 26.1. The Labute approximate surface area is 219 Å². The van der Waals surface area contributed by atoms with Crippen molar-refractivity contribution in [2.45, 2.75) is 70.3 Å². The molecule has 0 unspecified atom stereocenters. The van der Waals surface area contributed by atoms with Gasteiger partial charge in [-0.15, -0.1) is 0 Å². The summed E-state index contributed by atoms with van der Waals surface area (Å²) in [5, 5.41) is 0.916. The third kappa shape index (κ3) is 4.83. The summed E-state index contributed by atoms with van der Waals surface area (Å²) in [5.74, 6) is -0.0653. The summed E-state index contributed by atoms with van der Waals surface area (Å²) >= 11 is 0. The number of benzene rings is 1. The van der Waals surface area contributed by atoms with Gasteiger partial charge in [-0.05, 0) is 62.3 Å². The number of carbonyl (C=O) groups excluding carboxylic acids is 2. The molecular weight excluding hydrogens is 497 g/mol. The number of aryl methyl sites for hydroxylation is 1. The summed E-state index contributed by atoms with van der Waals surface area (Å²) < 4.78 is 45.9. The number of carbonyl (C=O) groups is 2. The average molecular weight is 529 g/mol. The third-order valence-electron chi connectivity index (χ3n) is 7.53. The van der Waals surface area contributed by atoms with E-state index in [9.17, 15) is 22.8 Å². The van der Waals surface area contributed by atoms with Crippen molar-refractivity contribution < 1.29 is 27.5 Å². The summed E-state index contributed by atoms with van der Waals surface area (Å²) in [5.41, 5.74) is 2.43. The van der Waals surface area contributed by atoms with Gasteiger partial charge in [0.2, 0.25) is 5.91 Å². The number of ether oxygens (including phenoxy) is 1. The molecule has 202 valence electrons. The molecule has 7 nitrogen and oxygen atoms in total. The molecule has 1 aromatic carbocycles. The molecule has 0 atom stereocenters. The standard InChI is InChI=1S/C28H31F3N4O3/c1-19(2)38-26(37)33-14-10-27(11-15-33)22-8-12-32-17-24(22)35(25(27)36)18-21-16-20-6-3-4-7-23(20)34(21)13-5-9-28(29,30)31/h3-4,6-8,12,16-17,19H,5,9-11,13-15,18H2,1-2H3. The molecule has 0 bridgehead atoms. The van der Waals surface area contributed by atoms with Crippen LogP contribution in [-0.2, 0) is 28.0 Å². The quantitative estimate of drug-likeness (QED) is 0.405. The zero-order chi connectivity index (χ0) is 27.1. The number of amides is 2. The number of aromatic nitrogens is 2. The van der Waals surface area contributed by atoms with Gasteiger partial charge in [-0.25, -0.2) is 4.79 Å². The zero-order valence-electron chi connectivity index (χ0n) is 21.5. The van der Waals surface area contributed by atoms with Crippen LogP contribution in [0.15, 0.2) is 48.8 Å². The van der Waals surface area contributed by atoms with Gasteiger partial charge in [0.05, 0.1) is 29.9 Å². The Morgan fingerprint density at radius 2 is 1.89 bits per heavy atom. The maximum absolute atomic E-state index is 14.1. The topological polar surface area (TPSA) is 67.7 Å². The SMILES string of the molecule is CC(C)OC(=O)N1CCC2(CC1)C(=O)N(Cc1cc3ccccc3n1CCCC(F)(F)F)c1cnccc12. The molecule has 0 saturated carbocycles. The number of para-hydroxylation sites is 1. The number of fused-ring (bicyclic) bond motifs is 3. The van der Waals surface area contributed by atoms with Gasteiger partial charge in [0.1, 0.15) is 0 Å². The summed E-state index contributed by atoms with van der Waals surface area (Å²) in [6, 6.07) is 11.4. The fraction of sp³-hybridized carbons (Fsp3) is 0.464. The first-order valence-electron chi connectivity index (χ1n) is 12.9. The molecule has 5 rings (SSSR count). The number of hydrogen-bond acceptors (Lipinski definition) is 4. The average Bonchev–Trinajstić information content (AvgIpc) is 3.32. The Bertz CT molecular complexity index is 1340. The smallest absolute Gasteiger partial charge is 0.410 e. The van der Waals surface area contributed by atoms with Crippen LogP contribution >= 0.6 is 0 Å². The lowest BCUT2D eigenvalue weighted by Gasteiger charge is -2.38. The van der Waals surface area contributed by atoms with Crippen LogP contribution in [0.25, 0.3) is 10.9 Å². The van der Waals surface area contributed by atoms with Crippen molar-refractivity contribution in [1.29, 1.82) is 0 Å². The van der Waals surface area contributed by atoms with Gasteiger partial charge < -0.3 is 19.1 Å². The van der Waals surface area contributed by atoms with Crippen LogP contribution in [0.1, 0.15) is 50.8 Å². The van der Waals surface area contributed by atoms with Gasteiger partial charge >= 0.3 is 12.3 Å². The monoisotopic (exact) mass is 528 g/mol. The summed E-state index contributed by atoms with van der Waals surface area (Å²) in [6.07, 6.45) is -1.47. The lowest BCUT2D eigenvalue weighted by molar-refractivity contribution is -0.135. The van der Waals surface area contributed by atoms with Gasteiger partial charge in [-0.1, -0.05) is 18.2 Å². The van der Waals surface area contributed by atoms with Crippen LogP contribution in [-0.4, -0.2) is 51.8 Å². The minimum absolute atomic E-state index is 0.0481. The maximum atomic E-state index is 14.1. The molecule has 1 spiro atoms. The normalized spacial score (nSPS) is 17.1. The summed E-state index contributed by atoms with van der Waals surface area (Å²) in [6.45, 7) is 4.80. The van der Waals surface area contributed by atoms with E-state index in [1.54, 1.807) is 36.0 Å². The summed E-state index contributed by atoms with van der Waals surface area (Å²) in [7, 11) is 0. The van der Waals surface area contributed by atoms with Gasteiger partial charge in [-0.2, -0.15) is 13.2 Å². The van der Waals surface area contributed by atoms with Crippen LogP contribution in [0.5, 0.6) is 0 Å². The number of nitrogens with zero attached hydrogens (tertiary/aromatic N) is 4. The lowest BCUT2D eigenvalue weighted by atomic mass is 9.74. The molecule has 1 saturated heterocycles. The number of anilines is 1. The Morgan fingerprint density at radius 1 is 1.16 bits per heavy atom. The van der Waals surface area contributed by atoms with E-state index in [4.69, 9.17) is 4.74 Å². The first-order valence-corrected chi connectivity index (χ1v) is 12.9. The van der Waals surface area contributed by atoms with Crippen LogP contribution in [0.2, 0.25) is 0 Å². The highest BCUT2D eigenvalue weighted by molar-refractivity contribution is 6.08. The zero-order valence-corrected chi connectivity index (χ0v) is 21.5. The highest BCUT2D eigenvalue weighted by Crippen LogP contribution is 2.48. The van der Waals surface area contributed by atoms with Gasteiger partial charge in [0.25, 0.3) is 0 Å². The largest absolute Gasteiger partial charge is 0.447 e. The molecule has 3 aromatic rings. The molecule has 1 fully saturated rings. The maximum Gasteiger partial charge on any atom is 0.410 e. The van der Waals surface area contributed by atoms with E-state index < -0.39 is 18.0 Å². The van der Waals surface area contributed by atoms with E-state index in [1.165, 1.54) is 0 Å². The fourth-order valence-corrected chi connectivity index (χ4v) is 5.74. The second-order valence-corrected chi connectivity index (χ2v) is 10.4. The van der Waals surface area contributed by atoms with E-state index in [1.807, 2.05) is 41.0 Å². The fourth-order valence-electron chi connectivity index (χ4n) is 5.74. The first-order chi connectivity index (χ1) is 18.1. The molecule has 38 heavy (non-hydrogen) atoms. The molecule has 2 amide bonds. The van der Waals surface area contributed by atoms with Crippen molar-refractivity contribution in [3.63, 3.8) is 0 Å². The van der Waals surface area contributed by atoms with Gasteiger partial charge in [0.15, 0.2) is 0 Å². The molecule has 4 heterocycles. The molecule has 0 aliphatic carbocycles. The predicted molar refractivity (Wildman–Crippen MR) is 137 cm³/mol. The molecule has 0 radical (unpaired) electrons.